The van der Waals surface area contributed by atoms with Crippen LogP contribution < -0.4 is 15.5 Å². The van der Waals surface area contributed by atoms with Gasteiger partial charge in [0, 0.05) is 44.6 Å². The van der Waals surface area contributed by atoms with E-state index in [1.165, 1.54) is 0 Å². The second kappa shape index (κ2) is 10.2. The molecule has 3 atom stereocenters. The highest BCUT2D eigenvalue weighted by Gasteiger charge is 2.35. The molecule has 6 rings (SSSR count). The molecule has 37 heavy (non-hydrogen) atoms. The van der Waals surface area contributed by atoms with Crippen molar-refractivity contribution in [3.63, 3.8) is 0 Å². The summed E-state index contributed by atoms with van der Waals surface area (Å²) in [6.07, 6.45) is 6.41. The van der Waals surface area contributed by atoms with E-state index in [1.807, 2.05) is 35.1 Å². The van der Waals surface area contributed by atoms with Gasteiger partial charge in [0.25, 0.3) is 0 Å². The highest BCUT2D eigenvalue weighted by molar-refractivity contribution is 5.91. The zero-order chi connectivity index (χ0) is 25.4. The van der Waals surface area contributed by atoms with Crippen molar-refractivity contribution >= 4 is 28.6 Å². The Kier molecular flexibility index (Phi) is 6.66. The number of carbonyl (C=O) groups is 1. The lowest BCUT2D eigenvalue weighted by molar-refractivity contribution is 0.0170. The van der Waals surface area contributed by atoms with Crippen molar-refractivity contribution < 1.29 is 19.0 Å². The molecule has 0 spiro atoms. The molecule has 3 aliphatic rings. The number of aromatic nitrogens is 4. The number of hydrogen-bond acceptors (Lipinski definition) is 8. The summed E-state index contributed by atoms with van der Waals surface area (Å²) in [5.74, 6) is 1.48. The van der Waals surface area contributed by atoms with Crippen molar-refractivity contribution in [2.45, 2.75) is 56.6 Å². The van der Waals surface area contributed by atoms with Crippen molar-refractivity contribution in [1.82, 2.24) is 25.1 Å². The summed E-state index contributed by atoms with van der Waals surface area (Å²) in [6, 6.07) is 7.75. The minimum Gasteiger partial charge on any atom is -0.382 e. The Labute approximate surface area is 215 Å². The third-order valence-electron chi connectivity index (χ3n) is 7.20. The van der Waals surface area contributed by atoms with Crippen LogP contribution in [0.2, 0.25) is 0 Å². The van der Waals surface area contributed by atoms with Gasteiger partial charge in [-0.25, -0.2) is 19.4 Å². The van der Waals surface area contributed by atoms with E-state index in [4.69, 9.17) is 24.2 Å². The first-order valence-electron chi connectivity index (χ1n) is 12.9. The van der Waals surface area contributed by atoms with Gasteiger partial charge in [-0.05, 0) is 49.9 Å². The number of fused-ring (bicyclic) bond motifs is 3. The van der Waals surface area contributed by atoms with Crippen LogP contribution in [0.25, 0.3) is 22.4 Å². The van der Waals surface area contributed by atoms with Gasteiger partial charge in [0.15, 0.2) is 11.5 Å². The molecule has 1 aliphatic carbocycles. The maximum atomic E-state index is 12.1. The lowest BCUT2D eigenvalue weighted by Gasteiger charge is -2.33. The Morgan fingerprint density at radius 1 is 1.11 bits per heavy atom. The molecule has 2 amide bonds. The summed E-state index contributed by atoms with van der Waals surface area (Å²) in [4.78, 5) is 24.4. The Hall–Kier alpha value is -3.28. The average Bonchev–Trinajstić information content (AvgIpc) is 3.53. The predicted molar refractivity (Wildman–Crippen MR) is 139 cm³/mol. The van der Waals surface area contributed by atoms with Crippen molar-refractivity contribution in [1.29, 1.82) is 0 Å². The zero-order valence-electron chi connectivity index (χ0n) is 21.2. The fraction of sp³-hybridized carbons (Fsp3) is 0.538. The molecule has 1 aromatic carbocycles. The maximum Gasteiger partial charge on any atom is 0.319 e. The summed E-state index contributed by atoms with van der Waals surface area (Å²) >= 11 is 0. The quantitative estimate of drug-likeness (QED) is 0.454. The number of hydrogen-bond donors (Lipinski definition) is 2. The van der Waals surface area contributed by atoms with Crippen LogP contribution in [0.15, 0.2) is 30.5 Å². The number of ether oxygens (including phenoxy) is 3. The van der Waals surface area contributed by atoms with Gasteiger partial charge in [-0.3, -0.25) is 0 Å². The summed E-state index contributed by atoms with van der Waals surface area (Å²) in [6.45, 7) is 2.57. The summed E-state index contributed by atoms with van der Waals surface area (Å²) in [7, 11) is 3.33. The molecule has 2 saturated heterocycles. The van der Waals surface area contributed by atoms with Gasteiger partial charge in [-0.2, -0.15) is 5.10 Å². The van der Waals surface area contributed by atoms with Crippen molar-refractivity contribution in [2.75, 3.05) is 44.1 Å². The van der Waals surface area contributed by atoms with E-state index in [2.05, 4.69) is 20.6 Å². The highest BCUT2D eigenvalue weighted by Crippen LogP contribution is 2.34. The van der Waals surface area contributed by atoms with E-state index in [0.29, 0.717) is 25.0 Å². The number of nitrogens with one attached hydrogen (secondary N) is 2. The molecule has 11 nitrogen and oxygen atoms in total. The van der Waals surface area contributed by atoms with Crippen molar-refractivity contribution in [3.8, 4) is 11.4 Å². The summed E-state index contributed by atoms with van der Waals surface area (Å²) < 4.78 is 18.8. The molecule has 11 heteroatoms. The molecule has 196 valence electrons. The van der Waals surface area contributed by atoms with Crippen LogP contribution >= 0.6 is 0 Å². The van der Waals surface area contributed by atoms with Crippen LogP contribution in [0, 0.1) is 0 Å². The Bertz CT molecular complexity index is 1250. The fourth-order valence-electron chi connectivity index (χ4n) is 5.09. The molecule has 2 N–H and O–H groups in total. The molecular weight excluding hydrogens is 474 g/mol. The lowest BCUT2D eigenvalue weighted by atomic mass is 10.2. The molecule has 3 aromatic rings. The fourth-order valence-corrected chi connectivity index (χ4v) is 5.09. The maximum absolute atomic E-state index is 12.1. The van der Waals surface area contributed by atoms with Crippen molar-refractivity contribution in [3.05, 3.63) is 30.5 Å². The molecule has 4 heterocycles. The SMILES string of the molecule is COCC(Cn1ncc2c(N3CC4CCC(C3)O4)nc(-c3ccc(NC(=O)NC4CC4)cc3)nc21)OC. The van der Waals surface area contributed by atoms with E-state index in [9.17, 15) is 4.79 Å². The van der Waals surface area contributed by atoms with E-state index in [1.54, 1.807) is 14.2 Å². The number of amides is 2. The number of benzene rings is 1. The molecule has 2 aliphatic heterocycles. The minimum absolute atomic E-state index is 0.152. The van der Waals surface area contributed by atoms with Crippen LogP contribution in [0.1, 0.15) is 25.7 Å². The number of nitrogens with zero attached hydrogens (tertiary/aromatic N) is 5. The number of rotatable bonds is 9. The molecule has 2 aromatic heterocycles. The summed E-state index contributed by atoms with van der Waals surface area (Å²) in [5, 5.41) is 11.4. The number of urea groups is 1. The Morgan fingerprint density at radius 2 is 1.86 bits per heavy atom. The van der Waals surface area contributed by atoms with Crippen LogP contribution in [-0.2, 0) is 20.8 Å². The molecule has 1 saturated carbocycles. The molecule has 2 bridgehead atoms. The topological polar surface area (TPSA) is 116 Å². The summed E-state index contributed by atoms with van der Waals surface area (Å²) in [5.41, 5.74) is 2.34. The number of morpholine rings is 1. The van der Waals surface area contributed by atoms with E-state index in [0.717, 1.165) is 66.9 Å². The molecule has 0 radical (unpaired) electrons. The van der Waals surface area contributed by atoms with Gasteiger partial charge < -0.3 is 29.7 Å². The van der Waals surface area contributed by atoms with Crippen LogP contribution in [-0.4, -0.2) is 84.0 Å². The second-order valence-electron chi connectivity index (χ2n) is 10.1. The third kappa shape index (κ3) is 5.25. The van der Waals surface area contributed by atoms with Crippen molar-refractivity contribution in [2.24, 2.45) is 0 Å². The Balaban J connectivity index is 1.33. The monoisotopic (exact) mass is 507 g/mol. The average molecular weight is 508 g/mol. The Morgan fingerprint density at radius 3 is 2.54 bits per heavy atom. The smallest absolute Gasteiger partial charge is 0.319 e. The number of anilines is 2. The van der Waals surface area contributed by atoms with Gasteiger partial charge in [0.2, 0.25) is 0 Å². The van der Waals surface area contributed by atoms with Gasteiger partial charge in [0.05, 0.1) is 36.9 Å². The standard InChI is InChI=1S/C26H33N7O4/c1-35-15-21(36-2)14-33-25-22(11-27-33)24(32-12-19-9-10-20(13-32)37-19)30-23(31-25)16-3-5-17(6-4-16)28-26(34)29-18-7-8-18/h3-6,11,18-21H,7-10,12-15H2,1-2H3,(H2,28,29,34). The van der Waals surface area contributed by atoms with Crippen LogP contribution in [0.3, 0.4) is 0 Å². The first-order valence-corrected chi connectivity index (χ1v) is 12.9. The minimum atomic E-state index is -0.176. The molecule has 3 fully saturated rings. The molecular formula is C26H33N7O4. The van der Waals surface area contributed by atoms with E-state index < -0.39 is 0 Å². The first kappa shape index (κ1) is 24.1. The second-order valence-corrected chi connectivity index (χ2v) is 10.1. The van der Waals surface area contributed by atoms with Crippen LogP contribution in [0.4, 0.5) is 16.3 Å². The van der Waals surface area contributed by atoms with Gasteiger partial charge in [-0.15, -0.1) is 0 Å². The van der Waals surface area contributed by atoms with Crippen LogP contribution in [0.5, 0.6) is 0 Å². The van der Waals surface area contributed by atoms with Gasteiger partial charge in [-0.1, -0.05) is 0 Å². The molecule has 3 unspecified atom stereocenters. The van der Waals surface area contributed by atoms with Gasteiger partial charge >= 0.3 is 6.03 Å². The zero-order valence-corrected chi connectivity index (χ0v) is 21.2. The number of methoxy groups -OCH3 is 2. The normalized spacial score (nSPS) is 21.8. The predicted octanol–water partition coefficient (Wildman–Crippen LogP) is 2.81. The van der Waals surface area contributed by atoms with Gasteiger partial charge in [0.1, 0.15) is 11.9 Å². The van der Waals surface area contributed by atoms with E-state index >= 15 is 0 Å². The highest BCUT2D eigenvalue weighted by atomic mass is 16.5. The van der Waals surface area contributed by atoms with E-state index in [-0.39, 0.29) is 24.3 Å². The third-order valence-corrected chi connectivity index (χ3v) is 7.20. The first-order chi connectivity index (χ1) is 18.1. The lowest BCUT2D eigenvalue weighted by Crippen LogP contribution is -2.43. The number of carbonyl (C=O) groups excluding carboxylic acids is 1. The largest absolute Gasteiger partial charge is 0.382 e.